The molecular formula is C13H18N2O4. The Kier molecular flexibility index (Phi) is 4.74. The van der Waals surface area contributed by atoms with Crippen LogP contribution in [0, 0.1) is 0 Å². The van der Waals surface area contributed by atoms with Crippen molar-refractivity contribution in [1.82, 2.24) is 10.6 Å². The average Bonchev–Trinajstić information content (AvgIpc) is 2.26. The number of benzene rings is 1. The Labute approximate surface area is 111 Å². The lowest BCUT2D eigenvalue weighted by atomic mass is 10.1. The first-order valence-corrected chi connectivity index (χ1v) is 5.94. The van der Waals surface area contributed by atoms with Crippen LogP contribution in [-0.2, 0) is 4.79 Å². The maximum Gasteiger partial charge on any atom is 0.252 e. The van der Waals surface area contributed by atoms with Crippen LogP contribution in [0.15, 0.2) is 18.2 Å². The molecule has 1 atom stereocenters. The summed E-state index contributed by atoms with van der Waals surface area (Å²) in [4.78, 5) is 23.5. The van der Waals surface area contributed by atoms with Crippen LogP contribution in [0.3, 0.4) is 0 Å². The molecular weight excluding hydrogens is 248 g/mol. The van der Waals surface area contributed by atoms with E-state index in [0.29, 0.717) is 0 Å². The van der Waals surface area contributed by atoms with Crippen molar-refractivity contribution < 1.29 is 19.8 Å². The molecule has 1 rings (SSSR count). The molecule has 104 valence electrons. The predicted octanol–water partition coefficient (Wildman–Crippen LogP) is 0.741. The van der Waals surface area contributed by atoms with Gasteiger partial charge in [-0.1, -0.05) is 0 Å². The van der Waals surface area contributed by atoms with Gasteiger partial charge in [-0.3, -0.25) is 9.59 Å². The van der Waals surface area contributed by atoms with Gasteiger partial charge in [0.15, 0.2) is 0 Å². The van der Waals surface area contributed by atoms with Gasteiger partial charge in [-0.2, -0.15) is 0 Å². The van der Waals surface area contributed by atoms with Crippen molar-refractivity contribution in [3.8, 4) is 11.5 Å². The van der Waals surface area contributed by atoms with E-state index in [2.05, 4.69) is 10.6 Å². The van der Waals surface area contributed by atoms with Crippen LogP contribution in [0.25, 0.3) is 0 Å². The molecule has 0 spiro atoms. The molecule has 0 radical (unpaired) electrons. The van der Waals surface area contributed by atoms with Gasteiger partial charge < -0.3 is 20.8 Å². The Morgan fingerprint density at radius 3 is 2.00 bits per heavy atom. The minimum atomic E-state index is -0.709. The SMILES string of the molecule is CC(C)NC(=O)C(C)NC(=O)c1cc(O)cc(O)c1. The van der Waals surface area contributed by atoms with Crippen LogP contribution >= 0.6 is 0 Å². The van der Waals surface area contributed by atoms with Crippen molar-refractivity contribution in [1.29, 1.82) is 0 Å². The van der Waals surface area contributed by atoms with E-state index >= 15 is 0 Å². The molecule has 0 aliphatic heterocycles. The fourth-order valence-corrected chi connectivity index (χ4v) is 1.48. The molecule has 1 unspecified atom stereocenters. The number of amides is 2. The normalized spacial score (nSPS) is 12.0. The molecule has 0 aliphatic carbocycles. The number of hydrogen-bond donors (Lipinski definition) is 4. The van der Waals surface area contributed by atoms with E-state index < -0.39 is 11.9 Å². The second-order valence-corrected chi connectivity index (χ2v) is 4.60. The highest BCUT2D eigenvalue weighted by Gasteiger charge is 2.17. The number of hydrogen-bond acceptors (Lipinski definition) is 4. The number of nitrogens with one attached hydrogen (secondary N) is 2. The highest BCUT2D eigenvalue weighted by Crippen LogP contribution is 2.20. The van der Waals surface area contributed by atoms with Crippen LogP contribution in [-0.4, -0.2) is 34.1 Å². The van der Waals surface area contributed by atoms with E-state index in [9.17, 15) is 19.8 Å². The van der Waals surface area contributed by atoms with Gasteiger partial charge in [0.05, 0.1) is 0 Å². The molecule has 4 N–H and O–H groups in total. The Morgan fingerprint density at radius 2 is 1.53 bits per heavy atom. The highest BCUT2D eigenvalue weighted by atomic mass is 16.3. The van der Waals surface area contributed by atoms with Crippen LogP contribution in [0.5, 0.6) is 11.5 Å². The Morgan fingerprint density at radius 1 is 1.00 bits per heavy atom. The molecule has 0 saturated carbocycles. The highest BCUT2D eigenvalue weighted by molar-refractivity contribution is 5.98. The molecule has 0 heterocycles. The predicted molar refractivity (Wildman–Crippen MR) is 70.0 cm³/mol. The van der Waals surface area contributed by atoms with Crippen molar-refractivity contribution in [2.45, 2.75) is 32.9 Å². The van der Waals surface area contributed by atoms with Crippen LogP contribution in [0.2, 0.25) is 0 Å². The smallest absolute Gasteiger partial charge is 0.252 e. The zero-order valence-corrected chi connectivity index (χ0v) is 11.1. The summed E-state index contributed by atoms with van der Waals surface area (Å²) in [6, 6.07) is 2.81. The number of carbonyl (C=O) groups excluding carboxylic acids is 2. The summed E-state index contributed by atoms with van der Waals surface area (Å²) in [5, 5.41) is 23.7. The summed E-state index contributed by atoms with van der Waals surface area (Å²) < 4.78 is 0. The third-order valence-corrected chi connectivity index (χ3v) is 2.34. The van der Waals surface area contributed by atoms with Crippen molar-refractivity contribution in [2.75, 3.05) is 0 Å². The zero-order valence-electron chi connectivity index (χ0n) is 11.1. The van der Waals surface area contributed by atoms with E-state index in [1.54, 1.807) is 6.92 Å². The standard InChI is InChI=1S/C13H18N2O4/c1-7(2)14-12(18)8(3)15-13(19)9-4-10(16)6-11(17)5-9/h4-8,16-17H,1-3H3,(H,14,18)(H,15,19). The third-order valence-electron chi connectivity index (χ3n) is 2.34. The zero-order chi connectivity index (χ0) is 14.6. The van der Waals surface area contributed by atoms with Crippen molar-refractivity contribution >= 4 is 11.8 Å². The molecule has 2 amide bonds. The average molecular weight is 266 g/mol. The Bertz CT molecular complexity index is 465. The molecule has 0 aromatic heterocycles. The van der Waals surface area contributed by atoms with Crippen LogP contribution < -0.4 is 10.6 Å². The summed E-state index contributed by atoms with van der Waals surface area (Å²) in [5.41, 5.74) is 0.0849. The quantitative estimate of drug-likeness (QED) is 0.646. The molecule has 0 aliphatic rings. The van der Waals surface area contributed by atoms with Gasteiger partial charge in [0, 0.05) is 17.7 Å². The summed E-state index contributed by atoms with van der Waals surface area (Å²) in [6.45, 7) is 5.19. The lowest BCUT2D eigenvalue weighted by Gasteiger charge is -2.16. The van der Waals surface area contributed by atoms with E-state index in [-0.39, 0.29) is 29.0 Å². The lowest BCUT2D eigenvalue weighted by molar-refractivity contribution is -0.123. The van der Waals surface area contributed by atoms with Gasteiger partial charge in [0.2, 0.25) is 5.91 Å². The molecule has 19 heavy (non-hydrogen) atoms. The first kappa shape index (κ1) is 14.8. The second kappa shape index (κ2) is 6.08. The molecule has 6 heteroatoms. The number of phenols is 2. The van der Waals surface area contributed by atoms with Gasteiger partial charge in [-0.25, -0.2) is 0 Å². The van der Waals surface area contributed by atoms with Crippen molar-refractivity contribution in [2.24, 2.45) is 0 Å². The van der Waals surface area contributed by atoms with Crippen molar-refractivity contribution in [3.05, 3.63) is 23.8 Å². The fourth-order valence-electron chi connectivity index (χ4n) is 1.48. The van der Waals surface area contributed by atoms with Gasteiger partial charge in [-0.05, 0) is 32.9 Å². The maximum absolute atomic E-state index is 11.8. The van der Waals surface area contributed by atoms with Crippen molar-refractivity contribution in [3.63, 3.8) is 0 Å². The Balaban J connectivity index is 2.71. The molecule has 6 nitrogen and oxygen atoms in total. The van der Waals surface area contributed by atoms with Gasteiger partial charge in [0.25, 0.3) is 5.91 Å². The lowest BCUT2D eigenvalue weighted by Crippen LogP contribution is -2.46. The molecule has 1 aromatic carbocycles. The van der Waals surface area contributed by atoms with E-state index in [1.807, 2.05) is 13.8 Å². The van der Waals surface area contributed by atoms with E-state index in [1.165, 1.54) is 12.1 Å². The van der Waals surface area contributed by atoms with Crippen LogP contribution in [0.4, 0.5) is 0 Å². The van der Waals surface area contributed by atoms with Gasteiger partial charge in [-0.15, -0.1) is 0 Å². The number of aromatic hydroxyl groups is 2. The Hall–Kier alpha value is -2.24. The van der Waals surface area contributed by atoms with Gasteiger partial charge >= 0.3 is 0 Å². The minimum absolute atomic E-state index is 0.0170. The number of phenolic OH excluding ortho intramolecular Hbond substituents is 2. The summed E-state index contributed by atoms with van der Waals surface area (Å²) in [6.07, 6.45) is 0. The second-order valence-electron chi connectivity index (χ2n) is 4.60. The largest absolute Gasteiger partial charge is 0.508 e. The number of carbonyl (C=O) groups is 2. The molecule has 1 aromatic rings. The number of rotatable bonds is 4. The molecule has 0 bridgehead atoms. The first-order chi connectivity index (χ1) is 8.79. The molecule has 0 fully saturated rings. The third kappa shape index (κ3) is 4.50. The monoisotopic (exact) mass is 266 g/mol. The summed E-state index contributed by atoms with van der Waals surface area (Å²) in [5.74, 6) is -1.28. The first-order valence-electron chi connectivity index (χ1n) is 5.94. The summed E-state index contributed by atoms with van der Waals surface area (Å²) in [7, 11) is 0. The van der Waals surface area contributed by atoms with E-state index in [4.69, 9.17) is 0 Å². The fraction of sp³-hybridized carbons (Fsp3) is 0.385. The van der Waals surface area contributed by atoms with Crippen LogP contribution in [0.1, 0.15) is 31.1 Å². The molecule has 0 saturated heterocycles. The minimum Gasteiger partial charge on any atom is -0.508 e. The maximum atomic E-state index is 11.8. The topological polar surface area (TPSA) is 98.7 Å². The van der Waals surface area contributed by atoms with E-state index in [0.717, 1.165) is 6.07 Å². The van der Waals surface area contributed by atoms with Gasteiger partial charge in [0.1, 0.15) is 17.5 Å². The summed E-state index contributed by atoms with van der Waals surface area (Å²) >= 11 is 0.